The van der Waals surface area contributed by atoms with Gasteiger partial charge in [-0.05, 0) is 58.6 Å². The van der Waals surface area contributed by atoms with Gasteiger partial charge in [0.1, 0.15) is 5.75 Å². The zero-order chi connectivity index (χ0) is 29.9. The van der Waals surface area contributed by atoms with Crippen LogP contribution in [0.2, 0.25) is 0 Å². The maximum atomic E-state index is 14.3. The van der Waals surface area contributed by atoms with E-state index in [0.717, 1.165) is 11.1 Å². The van der Waals surface area contributed by atoms with Gasteiger partial charge in [-0.2, -0.15) is 0 Å². The van der Waals surface area contributed by atoms with Crippen molar-refractivity contribution in [3.8, 4) is 5.75 Å². The SMILES string of the molecule is [N-]=[N+]=NCc1ccccc1[C@@H]1OC(c2ccc(OCCCO)cc2)=N[C@]1(Cc1ccccc1)C(=O)NNc1ccccc1. The first kappa shape index (κ1) is 29.2. The van der Waals surface area contributed by atoms with Crippen LogP contribution in [-0.4, -0.2) is 35.7 Å². The molecule has 5 rings (SSSR count). The second-order valence-corrected chi connectivity index (χ2v) is 9.98. The fourth-order valence-corrected chi connectivity index (χ4v) is 4.97. The third kappa shape index (κ3) is 6.95. The van der Waals surface area contributed by atoms with Crippen LogP contribution in [0.25, 0.3) is 10.4 Å². The van der Waals surface area contributed by atoms with Gasteiger partial charge in [0.2, 0.25) is 5.90 Å². The summed E-state index contributed by atoms with van der Waals surface area (Å²) in [5, 5.41) is 12.8. The van der Waals surface area contributed by atoms with Crippen molar-refractivity contribution >= 4 is 17.5 Å². The molecule has 2 atom stereocenters. The standard InChI is InChI=1S/C33H32N6O4/c34-39-35-23-26-12-7-8-15-29(26)30-33(22-24-10-3-1-4-11-24,32(41)38-37-27-13-5-2-6-14-27)36-31(43-30)25-16-18-28(19-17-25)42-21-9-20-40/h1-8,10-19,30,37,40H,9,20-23H2,(H,38,41)/t30-,33-/m0/s1. The van der Waals surface area contributed by atoms with Crippen LogP contribution >= 0.6 is 0 Å². The number of nitrogens with zero attached hydrogens (tertiary/aromatic N) is 4. The van der Waals surface area contributed by atoms with Crippen molar-refractivity contribution in [1.29, 1.82) is 0 Å². The molecule has 1 heterocycles. The van der Waals surface area contributed by atoms with Gasteiger partial charge < -0.3 is 14.6 Å². The zero-order valence-corrected chi connectivity index (χ0v) is 23.5. The zero-order valence-electron chi connectivity index (χ0n) is 23.5. The second-order valence-electron chi connectivity index (χ2n) is 9.98. The largest absolute Gasteiger partial charge is 0.494 e. The highest BCUT2D eigenvalue weighted by atomic mass is 16.5. The Bertz CT molecular complexity index is 1590. The van der Waals surface area contributed by atoms with Crippen molar-refractivity contribution in [3.05, 3.63) is 142 Å². The molecule has 218 valence electrons. The fraction of sp³-hybridized carbons (Fsp3) is 0.212. The number of hydrazine groups is 1. The summed E-state index contributed by atoms with van der Waals surface area (Å²) in [5.41, 5.74) is 17.2. The van der Waals surface area contributed by atoms with E-state index >= 15 is 0 Å². The van der Waals surface area contributed by atoms with Gasteiger partial charge in [-0.3, -0.25) is 15.6 Å². The minimum atomic E-state index is -1.43. The van der Waals surface area contributed by atoms with Gasteiger partial charge in [0.05, 0.1) is 18.8 Å². The number of carbonyl (C=O) groups is 1. The number of hydrogen-bond donors (Lipinski definition) is 3. The molecule has 4 aromatic rings. The molecule has 10 heteroatoms. The third-order valence-corrected chi connectivity index (χ3v) is 7.08. The van der Waals surface area contributed by atoms with E-state index in [9.17, 15) is 4.79 Å². The predicted octanol–water partition coefficient (Wildman–Crippen LogP) is 5.90. The smallest absolute Gasteiger partial charge is 0.270 e. The third-order valence-electron chi connectivity index (χ3n) is 7.08. The lowest BCUT2D eigenvalue weighted by atomic mass is 9.81. The Labute approximate surface area is 249 Å². The summed E-state index contributed by atoms with van der Waals surface area (Å²) in [4.78, 5) is 22.3. The quantitative estimate of drug-likeness (QED) is 0.0597. The van der Waals surface area contributed by atoms with Gasteiger partial charge in [-0.1, -0.05) is 77.9 Å². The summed E-state index contributed by atoms with van der Waals surface area (Å²) in [5.74, 6) is 0.562. The highest BCUT2D eigenvalue weighted by Gasteiger charge is 2.54. The summed E-state index contributed by atoms with van der Waals surface area (Å²) < 4.78 is 12.3. The molecule has 4 aromatic carbocycles. The number of amides is 1. The lowest BCUT2D eigenvalue weighted by molar-refractivity contribution is -0.128. The van der Waals surface area contributed by atoms with Gasteiger partial charge in [0, 0.05) is 29.9 Å². The molecule has 1 aliphatic rings. The number of azide groups is 1. The monoisotopic (exact) mass is 576 g/mol. The first-order valence-electron chi connectivity index (χ1n) is 14.0. The molecule has 0 aromatic heterocycles. The Balaban J connectivity index is 1.58. The van der Waals surface area contributed by atoms with Crippen LogP contribution in [0.1, 0.15) is 34.8 Å². The maximum absolute atomic E-state index is 14.3. The van der Waals surface area contributed by atoms with E-state index in [1.165, 1.54) is 0 Å². The minimum Gasteiger partial charge on any atom is -0.494 e. The van der Waals surface area contributed by atoms with Crippen molar-refractivity contribution in [3.63, 3.8) is 0 Å². The molecule has 1 amide bonds. The lowest BCUT2D eigenvalue weighted by Crippen LogP contribution is -2.51. The van der Waals surface area contributed by atoms with Crippen LogP contribution < -0.4 is 15.6 Å². The Morgan fingerprint density at radius 2 is 1.67 bits per heavy atom. The van der Waals surface area contributed by atoms with Crippen molar-refractivity contribution in [2.45, 2.75) is 31.0 Å². The number of hydrogen-bond acceptors (Lipinski definition) is 7. The van der Waals surface area contributed by atoms with Crippen LogP contribution in [0.3, 0.4) is 0 Å². The number of para-hydroxylation sites is 1. The summed E-state index contributed by atoms with van der Waals surface area (Å²) in [7, 11) is 0. The number of anilines is 1. The van der Waals surface area contributed by atoms with E-state index in [1.54, 1.807) is 12.1 Å². The normalized spacial score (nSPS) is 17.2. The number of aliphatic hydroxyl groups is 1. The number of ether oxygens (including phenoxy) is 2. The van der Waals surface area contributed by atoms with Crippen LogP contribution in [-0.2, 0) is 22.5 Å². The van der Waals surface area contributed by atoms with Crippen LogP contribution in [0.5, 0.6) is 5.75 Å². The molecular formula is C33H32N6O4. The van der Waals surface area contributed by atoms with Gasteiger partial charge >= 0.3 is 0 Å². The molecule has 0 spiro atoms. The Hall–Kier alpha value is -5.31. The molecule has 0 unspecified atom stereocenters. The highest BCUT2D eigenvalue weighted by molar-refractivity contribution is 6.01. The number of aliphatic hydroxyl groups excluding tert-OH is 1. The van der Waals surface area contributed by atoms with Crippen molar-refractivity contribution in [2.24, 2.45) is 10.1 Å². The maximum Gasteiger partial charge on any atom is 0.270 e. The van der Waals surface area contributed by atoms with E-state index in [2.05, 4.69) is 20.9 Å². The second kappa shape index (κ2) is 14.0. The van der Waals surface area contributed by atoms with Crippen LogP contribution in [0.4, 0.5) is 5.69 Å². The fourth-order valence-electron chi connectivity index (χ4n) is 4.97. The molecule has 10 nitrogen and oxygen atoms in total. The molecule has 0 fully saturated rings. The number of rotatable bonds is 13. The Morgan fingerprint density at radius 1 is 0.977 bits per heavy atom. The molecule has 0 saturated heterocycles. The van der Waals surface area contributed by atoms with E-state index in [1.807, 2.05) is 97.1 Å². The molecular weight excluding hydrogens is 544 g/mol. The topological polar surface area (TPSA) is 141 Å². The van der Waals surface area contributed by atoms with Crippen molar-refractivity contribution in [2.75, 3.05) is 18.6 Å². The highest BCUT2D eigenvalue weighted by Crippen LogP contribution is 2.43. The van der Waals surface area contributed by atoms with Crippen LogP contribution in [0, 0.1) is 0 Å². The van der Waals surface area contributed by atoms with E-state index in [4.69, 9.17) is 25.1 Å². The summed E-state index contributed by atoms with van der Waals surface area (Å²) >= 11 is 0. The van der Waals surface area contributed by atoms with Gasteiger partial charge in [-0.25, -0.2) is 4.99 Å². The van der Waals surface area contributed by atoms with Crippen molar-refractivity contribution < 1.29 is 19.4 Å². The van der Waals surface area contributed by atoms with Gasteiger partial charge in [-0.15, -0.1) is 0 Å². The molecule has 0 radical (unpaired) electrons. The van der Waals surface area contributed by atoms with Crippen LogP contribution in [0.15, 0.2) is 119 Å². The lowest BCUT2D eigenvalue weighted by Gasteiger charge is -2.32. The first-order chi connectivity index (χ1) is 21.1. The van der Waals surface area contributed by atoms with Gasteiger partial charge in [0.15, 0.2) is 11.6 Å². The minimum absolute atomic E-state index is 0.0515. The number of benzene rings is 4. The average Bonchev–Trinajstić information content (AvgIpc) is 3.44. The number of nitrogens with one attached hydrogen (secondary N) is 2. The van der Waals surface area contributed by atoms with E-state index in [-0.39, 0.29) is 25.5 Å². The number of carbonyl (C=O) groups excluding carboxylic acids is 1. The first-order valence-corrected chi connectivity index (χ1v) is 14.0. The molecule has 1 aliphatic heterocycles. The predicted molar refractivity (Wildman–Crippen MR) is 164 cm³/mol. The average molecular weight is 577 g/mol. The van der Waals surface area contributed by atoms with Gasteiger partial charge in [0.25, 0.3) is 5.91 Å². The summed E-state index contributed by atoms with van der Waals surface area (Å²) in [6, 6.07) is 33.7. The summed E-state index contributed by atoms with van der Waals surface area (Å²) in [6.45, 7) is 0.537. The Kier molecular flexibility index (Phi) is 9.53. The molecule has 43 heavy (non-hydrogen) atoms. The summed E-state index contributed by atoms with van der Waals surface area (Å²) in [6.07, 6.45) is -0.0728. The van der Waals surface area contributed by atoms with Crippen molar-refractivity contribution in [1.82, 2.24) is 5.43 Å². The number of aliphatic imine (C=N–C) groups is 1. The van der Waals surface area contributed by atoms with E-state index in [0.29, 0.717) is 41.5 Å². The van der Waals surface area contributed by atoms with E-state index < -0.39 is 11.6 Å². The molecule has 0 bridgehead atoms. The molecule has 3 N–H and O–H groups in total. The molecule has 0 aliphatic carbocycles. The molecule has 0 saturated carbocycles. The Morgan fingerprint density at radius 3 is 2.40 bits per heavy atom.